The summed E-state index contributed by atoms with van der Waals surface area (Å²) in [6.45, 7) is 0.132. The van der Waals surface area contributed by atoms with Crippen LogP contribution in [-0.2, 0) is 0 Å². The molecule has 1 aliphatic heterocycles. The number of hydrogen-bond donors (Lipinski definition) is 0. The van der Waals surface area contributed by atoms with Crippen molar-refractivity contribution in [2.24, 2.45) is 0 Å². The van der Waals surface area contributed by atoms with Crippen LogP contribution < -0.4 is 23.7 Å². The molecule has 5 aromatic rings. The van der Waals surface area contributed by atoms with Crippen molar-refractivity contribution in [1.29, 1.82) is 0 Å². The lowest BCUT2D eigenvalue weighted by molar-refractivity contribution is 0.112. The molecule has 0 atom stereocenters. The number of nitrogens with zero attached hydrogens (tertiary/aromatic N) is 2. The molecule has 1 aliphatic rings. The van der Waals surface area contributed by atoms with Crippen LogP contribution in [0.4, 0.5) is 0 Å². The standard InChI is InChI=1S/C28H22N2O6/c1-32-24-9-16(10-25(33-2)28(24)34-3)26-18-11-22-23(36-15-35-22)12-19(18)27-20(21(26)14-31)13-30(29-27)17-7-5-4-6-8-17/h4-14H,15H2,1-3H3. The van der Waals surface area contributed by atoms with Gasteiger partial charge in [0.2, 0.25) is 12.5 Å². The molecule has 0 saturated carbocycles. The van der Waals surface area contributed by atoms with Crippen LogP contribution in [0.5, 0.6) is 28.7 Å². The van der Waals surface area contributed by atoms with Crippen LogP contribution in [0.15, 0.2) is 60.8 Å². The summed E-state index contributed by atoms with van der Waals surface area (Å²) in [6, 6.07) is 17.2. The number of fused-ring (bicyclic) bond motifs is 4. The maximum atomic E-state index is 12.7. The zero-order chi connectivity index (χ0) is 24.8. The highest BCUT2D eigenvalue weighted by molar-refractivity contribution is 6.20. The predicted molar refractivity (Wildman–Crippen MR) is 135 cm³/mol. The lowest BCUT2D eigenvalue weighted by atomic mass is 9.90. The lowest BCUT2D eigenvalue weighted by Crippen LogP contribution is -1.98. The molecule has 0 aliphatic carbocycles. The zero-order valence-corrected chi connectivity index (χ0v) is 19.9. The van der Waals surface area contributed by atoms with E-state index in [1.807, 2.05) is 60.8 Å². The Hall–Kier alpha value is -4.72. The molecular formula is C28H22N2O6. The Morgan fingerprint density at radius 3 is 2.14 bits per heavy atom. The van der Waals surface area contributed by atoms with Gasteiger partial charge in [-0.2, -0.15) is 5.10 Å². The molecule has 1 aromatic heterocycles. The van der Waals surface area contributed by atoms with Gasteiger partial charge >= 0.3 is 0 Å². The molecule has 180 valence electrons. The first-order chi connectivity index (χ1) is 17.7. The fraction of sp³-hybridized carbons (Fsp3) is 0.143. The summed E-state index contributed by atoms with van der Waals surface area (Å²) in [7, 11) is 4.67. The van der Waals surface area contributed by atoms with Gasteiger partial charge in [0.15, 0.2) is 29.3 Å². The number of hydrogen-bond acceptors (Lipinski definition) is 7. The highest BCUT2D eigenvalue weighted by Gasteiger charge is 2.25. The molecule has 4 aromatic carbocycles. The van der Waals surface area contributed by atoms with Crippen LogP contribution in [0, 0.1) is 0 Å². The molecule has 0 radical (unpaired) electrons. The second kappa shape index (κ2) is 8.49. The highest BCUT2D eigenvalue weighted by atomic mass is 16.7. The molecule has 0 amide bonds. The van der Waals surface area contributed by atoms with Gasteiger partial charge in [0.25, 0.3) is 0 Å². The molecule has 36 heavy (non-hydrogen) atoms. The third kappa shape index (κ3) is 3.22. The van der Waals surface area contributed by atoms with Crippen molar-refractivity contribution >= 4 is 28.0 Å². The Kier molecular flexibility index (Phi) is 5.14. The Morgan fingerprint density at radius 2 is 1.53 bits per heavy atom. The second-order valence-electron chi connectivity index (χ2n) is 8.24. The summed E-state index contributed by atoms with van der Waals surface area (Å²) in [6.07, 6.45) is 2.74. The summed E-state index contributed by atoms with van der Waals surface area (Å²) in [5.41, 5.74) is 3.49. The van der Waals surface area contributed by atoms with E-state index in [1.54, 1.807) is 26.0 Å². The van der Waals surface area contributed by atoms with Gasteiger partial charge < -0.3 is 23.7 Å². The minimum absolute atomic E-state index is 0.132. The average molecular weight is 482 g/mol. The van der Waals surface area contributed by atoms with E-state index in [9.17, 15) is 4.79 Å². The highest BCUT2D eigenvalue weighted by Crippen LogP contribution is 2.47. The number of ether oxygens (including phenoxy) is 5. The quantitative estimate of drug-likeness (QED) is 0.299. The average Bonchev–Trinajstić information content (AvgIpc) is 3.58. The van der Waals surface area contributed by atoms with E-state index in [0.29, 0.717) is 50.8 Å². The molecule has 0 unspecified atom stereocenters. The largest absolute Gasteiger partial charge is 0.493 e. The van der Waals surface area contributed by atoms with Crippen molar-refractivity contribution in [3.63, 3.8) is 0 Å². The Labute approximate surface area is 206 Å². The fourth-order valence-corrected chi connectivity index (χ4v) is 4.77. The second-order valence-corrected chi connectivity index (χ2v) is 8.24. The van der Waals surface area contributed by atoms with Crippen molar-refractivity contribution in [1.82, 2.24) is 9.78 Å². The number of methoxy groups -OCH3 is 3. The SMILES string of the molecule is COc1cc(-c2c(C=O)c3cn(-c4ccccc4)nc3c3cc4c(cc23)OCO4)cc(OC)c1OC. The maximum absolute atomic E-state index is 12.7. The minimum atomic E-state index is 0.132. The molecular weight excluding hydrogens is 460 g/mol. The molecule has 0 saturated heterocycles. The first-order valence-electron chi connectivity index (χ1n) is 11.3. The summed E-state index contributed by atoms with van der Waals surface area (Å²) >= 11 is 0. The predicted octanol–water partition coefficient (Wildman–Crippen LogP) is 5.41. The fourth-order valence-electron chi connectivity index (χ4n) is 4.77. The summed E-state index contributed by atoms with van der Waals surface area (Å²) in [5, 5.41) is 7.20. The van der Waals surface area contributed by atoms with E-state index >= 15 is 0 Å². The first kappa shape index (κ1) is 21.8. The van der Waals surface area contributed by atoms with Crippen LogP contribution in [0.3, 0.4) is 0 Å². The van der Waals surface area contributed by atoms with Crippen molar-refractivity contribution in [3.8, 4) is 45.6 Å². The lowest BCUT2D eigenvalue weighted by Gasteiger charge is -2.17. The minimum Gasteiger partial charge on any atom is -0.493 e. The number of aldehydes is 1. The third-order valence-corrected chi connectivity index (χ3v) is 6.40. The van der Waals surface area contributed by atoms with Gasteiger partial charge in [-0.1, -0.05) is 18.2 Å². The topological polar surface area (TPSA) is 81.0 Å². The van der Waals surface area contributed by atoms with E-state index in [0.717, 1.165) is 28.3 Å². The molecule has 2 heterocycles. The third-order valence-electron chi connectivity index (χ3n) is 6.40. The van der Waals surface area contributed by atoms with Crippen LogP contribution in [0.1, 0.15) is 10.4 Å². The van der Waals surface area contributed by atoms with Gasteiger partial charge in [-0.05, 0) is 47.3 Å². The molecule has 0 N–H and O–H groups in total. The van der Waals surface area contributed by atoms with Gasteiger partial charge in [0.1, 0.15) is 5.52 Å². The van der Waals surface area contributed by atoms with Crippen LogP contribution in [-0.4, -0.2) is 44.2 Å². The van der Waals surface area contributed by atoms with Gasteiger partial charge in [0, 0.05) is 28.1 Å². The molecule has 6 rings (SSSR count). The van der Waals surface area contributed by atoms with Gasteiger partial charge in [-0.25, -0.2) is 4.68 Å². The van der Waals surface area contributed by atoms with Crippen LogP contribution in [0.2, 0.25) is 0 Å². The Balaban J connectivity index is 1.75. The zero-order valence-electron chi connectivity index (χ0n) is 19.9. The number of carbonyl (C=O) groups is 1. The Bertz CT molecular complexity index is 1620. The molecule has 0 spiro atoms. The molecule has 0 fully saturated rings. The van der Waals surface area contributed by atoms with Crippen molar-refractivity contribution in [3.05, 3.63) is 66.4 Å². The molecule has 0 bridgehead atoms. The number of carbonyl (C=O) groups excluding carboxylic acids is 1. The number of aromatic nitrogens is 2. The van der Waals surface area contributed by atoms with Gasteiger partial charge in [-0.3, -0.25) is 4.79 Å². The van der Waals surface area contributed by atoms with E-state index in [1.165, 1.54) is 0 Å². The van der Waals surface area contributed by atoms with E-state index in [2.05, 4.69) is 0 Å². The van der Waals surface area contributed by atoms with Crippen molar-refractivity contribution in [2.45, 2.75) is 0 Å². The molecule has 8 heteroatoms. The van der Waals surface area contributed by atoms with E-state index in [-0.39, 0.29) is 6.79 Å². The summed E-state index contributed by atoms with van der Waals surface area (Å²) in [5.74, 6) is 2.68. The number of para-hydroxylation sites is 1. The van der Waals surface area contributed by atoms with Gasteiger partial charge in [0.05, 0.1) is 27.0 Å². The maximum Gasteiger partial charge on any atom is 0.231 e. The van der Waals surface area contributed by atoms with E-state index in [4.69, 9.17) is 28.8 Å². The summed E-state index contributed by atoms with van der Waals surface area (Å²) < 4.78 is 29.8. The number of rotatable bonds is 6. The van der Waals surface area contributed by atoms with Crippen molar-refractivity contribution in [2.75, 3.05) is 28.1 Å². The van der Waals surface area contributed by atoms with E-state index < -0.39 is 0 Å². The smallest absolute Gasteiger partial charge is 0.231 e. The Morgan fingerprint density at radius 1 is 0.861 bits per heavy atom. The first-order valence-corrected chi connectivity index (χ1v) is 11.3. The number of benzene rings is 4. The van der Waals surface area contributed by atoms with Crippen molar-refractivity contribution < 1.29 is 28.5 Å². The molecule has 8 nitrogen and oxygen atoms in total. The monoisotopic (exact) mass is 482 g/mol. The van der Waals surface area contributed by atoms with Gasteiger partial charge in [-0.15, -0.1) is 0 Å². The summed E-state index contributed by atoms with van der Waals surface area (Å²) in [4.78, 5) is 12.7. The van der Waals surface area contributed by atoms with Crippen LogP contribution in [0.25, 0.3) is 38.5 Å². The van der Waals surface area contributed by atoms with Crippen LogP contribution >= 0.6 is 0 Å². The normalized spacial score (nSPS) is 12.2.